The predicted octanol–water partition coefficient (Wildman–Crippen LogP) is 2.79. The van der Waals surface area contributed by atoms with Crippen molar-refractivity contribution in [2.75, 3.05) is 14.2 Å². The summed E-state index contributed by atoms with van der Waals surface area (Å²) in [6, 6.07) is 11.9. The Hall–Kier alpha value is -2.56. The highest BCUT2D eigenvalue weighted by Gasteiger charge is 2.41. The Morgan fingerprint density at radius 2 is 2.04 bits per heavy atom. The van der Waals surface area contributed by atoms with E-state index in [1.807, 2.05) is 30.3 Å². The van der Waals surface area contributed by atoms with Gasteiger partial charge in [-0.05, 0) is 35.7 Å². The molecule has 0 bridgehead atoms. The van der Waals surface area contributed by atoms with Gasteiger partial charge in [-0.1, -0.05) is 18.2 Å². The van der Waals surface area contributed by atoms with Gasteiger partial charge in [-0.2, -0.15) is 0 Å². The Balaban J connectivity index is 1.55. The molecule has 0 radical (unpaired) electrons. The zero-order valence-corrected chi connectivity index (χ0v) is 13.4. The Morgan fingerprint density at radius 3 is 2.78 bits per heavy atom. The standard InChI is InChI=1S/C18H21N3O2/c1-21(12-13-7-9-19-10-8-13)18(22)20-16-11-15(16)14-5-3-4-6-17(14)23-2/h3-10,15-16H,11-12H2,1-2H3,(H,20,22). The molecule has 3 rings (SSSR count). The van der Waals surface area contributed by atoms with E-state index in [4.69, 9.17) is 4.74 Å². The van der Waals surface area contributed by atoms with E-state index in [0.29, 0.717) is 12.5 Å². The minimum atomic E-state index is -0.0517. The number of benzene rings is 1. The predicted molar refractivity (Wildman–Crippen MR) is 88.4 cm³/mol. The van der Waals surface area contributed by atoms with Gasteiger partial charge in [0.2, 0.25) is 0 Å². The van der Waals surface area contributed by atoms with Crippen LogP contribution in [-0.2, 0) is 6.54 Å². The Bertz CT molecular complexity index is 675. The number of ether oxygens (including phenoxy) is 1. The molecule has 0 saturated heterocycles. The summed E-state index contributed by atoms with van der Waals surface area (Å²) in [6.45, 7) is 0.570. The first kappa shape index (κ1) is 15.3. The SMILES string of the molecule is COc1ccccc1C1CC1NC(=O)N(C)Cc1ccncc1. The molecule has 0 aliphatic heterocycles. The molecule has 2 unspecified atom stereocenters. The highest BCUT2D eigenvalue weighted by molar-refractivity contribution is 5.75. The summed E-state index contributed by atoms with van der Waals surface area (Å²) >= 11 is 0. The topological polar surface area (TPSA) is 54.5 Å². The lowest BCUT2D eigenvalue weighted by atomic mass is 10.1. The Morgan fingerprint density at radius 1 is 1.30 bits per heavy atom. The van der Waals surface area contributed by atoms with Gasteiger partial charge in [0.1, 0.15) is 5.75 Å². The summed E-state index contributed by atoms with van der Waals surface area (Å²) < 4.78 is 5.40. The summed E-state index contributed by atoms with van der Waals surface area (Å²) in [5.74, 6) is 1.23. The molecule has 120 valence electrons. The third-order valence-electron chi connectivity index (χ3n) is 4.15. The molecule has 5 nitrogen and oxygen atoms in total. The molecule has 2 aromatic rings. The summed E-state index contributed by atoms with van der Waals surface area (Å²) in [7, 11) is 3.48. The molecular weight excluding hydrogens is 290 g/mol. The second-order valence-corrected chi connectivity index (χ2v) is 5.85. The fourth-order valence-electron chi connectivity index (χ4n) is 2.77. The quantitative estimate of drug-likeness (QED) is 0.924. The minimum absolute atomic E-state index is 0.0517. The number of nitrogens with one attached hydrogen (secondary N) is 1. The molecule has 1 aromatic carbocycles. The summed E-state index contributed by atoms with van der Waals surface area (Å²) in [4.78, 5) is 18.0. The number of amides is 2. The van der Waals surface area contributed by atoms with Crippen molar-refractivity contribution >= 4 is 6.03 Å². The van der Waals surface area contributed by atoms with Crippen LogP contribution in [0.15, 0.2) is 48.8 Å². The van der Waals surface area contributed by atoms with Crippen LogP contribution in [0.2, 0.25) is 0 Å². The second-order valence-electron chi connectivity index (χ2n) is 5.85. The Labute approximate surface area is 136 Å². The largest absolute Gasteiger partial charge is 0.496 e. The zero-order chi connectivity index (χ0) is 16.2. The van der Waals surface area contributed by atoms with Crippen molar-refractivity contribution in [3.8, 4) is 5.75 Å². The number of hydrogen-bond acceptors (Lipinski definition) is 3. The average molecular weight is 311 g/mol. The van der Waals surface area contributed by atoms with Crippen LogP contribution in [0.25, 0.3) is 0 Å². The highest BCUT2D eigenvalue weighted by Crippen LogP contribution is 2.44. The van der Waals surface area contributed by atoms with Crippen molar-refractivity contribution < 1.29 is 9.53 Å². The molecule has 2 atom stereocenters. The molecule has 1 heterocycles. The number of methoxy groups -OCH3 is 1. The third-order valence-corrected chi connectivity index (χ3v) is 4.15. The summed E-state index contributed by atoms with van der Waals surface area (Å²) in [6.07, 6.45) is 4.43. The molecule has 1 fully saturated rings. The van der Waals surface area contributed by atoms with E-state index in [-0.39, 0.29) is 12.1 Å². The van der Waals surface area contributed by atoms with Crippen LogP contribution < -0.4 is 10.1 Å². The van der Waals surface area contributed by atoms with E-state index in [1.54, 1.807) is 31.5 Å². The number of nitrogens with zero attached hydrogens (tertiary/aromatic N) is 2. The van der Waals surface area contributed by atoms with Crippen LogP contribution in [0.5, 0.6) is 5.75 Å². The van der Waals surface area contributed by atoms with Crippen LogP contribution in [0, 0.1) is 0 Å². The second kappa shape index (κ2) is 6.69. The molecule has 1 aliphatic carbocycles. The van der Waals surface area contributed by atoms with Crippen LogP contribution in [0.4, 0.5) is 4.79 Å². The molecule has 2 amide bonds. The molecule has 1 aliphatic rings. The minimum Gasteiger partial charge on any atom is -0.496 e. The van der Waals surface area contributed by atoms with Crippen molar-refractivity contribution in [2.24, 2.45) is 0 Å². The lowest BCUT2D eigenvalue weighted by Gasteiger charge is -2.18. The van der Waals surface area contributed by atoms with Gasteiger partial charge in [0, 0.05) is 37.9 Å². The van der Waals surface area contributed by atoms with E-state index >= 15 is 0 Å². The number of carbonyl (C=O) groups excluding carboxylic acids is 1. The maximum atomic E-state index is 12.3. The van der Waals surface area contributed by atoms with E-state index in [1.165, 1.54) is 0 Å². The lowest BCUT2D eigenvalue weighted by Crippen LogP contribution is -2.38. The number of hydrogen-bond donors (Lipinski definition) is 1. The van der Waals surface area contributed by atoms with Gasteiger partial charge in [-0.25, -0.2) is 4.79 Å². The van der Waals surface area contributed by atoms with Gasteiger partial charge >= 0.3 is 6.03 Å². The van der Waals surface area contributed by atoms with Crippen molar-refractivity contribution in [1.29, 1.82) is 0 Å². The molecule has 1 saturated carbocycles. The number of aromatic nitrogens is 1. The van der Waals surface area contributed by atoms with Crippen LogP contribution >= 0.6 is 0 Å². The van der Waals surface area contributed by atoms with Crippen molar-refractivity contribution in [3.05, 3.63) is 59.9 Å². The monoisotopic (exact) mass is 311 g/mol. The maximum absolute atomic E-state index is 12.3. The van der Waals surface area contributed by atoms with E-state index in [9.17, 15) is 4.79 Å². The van der Waals surface area contributed by atoms with Gasteiger partial charge in [0.15, 0.2) is 0 Å². The van der Waals surface area contributed by atoms with Gasteiger partial charge in [0.05, 0.1) is 7.11 Å². The first-order valence-corrected chi connectivity index (χ1v) is 7.72. The van der Waals surface area contributed by atoms with E-state index < -0.39 is 0 Å². The molecule has 23 heavy (non-hydrogen) atoms. The Kier molecular flexibility index (Phi) is 4.46. The van der Waals surface area contributed by atoms with Crippen molar-refractivity contribution in [1.82, 2.24) is 15.2 Å². The summed E-state index contributed by atoms with van der Waals surface area (Å²) in [5, 5.41) is 3.09. The van der Waals surface area contributed by atoms with Crippen molar-refractivity contribution in [2.45, 2.75) is 24.9 Å². The van der Waals surface area contributed by atoms with Crippen LogP contribution in [0.1, 0.15) is 23.5 Å². The van der Waals surface area contributed by atoms with Gasteiger partial charge in [0.25, 0.3) is 0 Å². The van der Waals surface area contributed by atoms with Crippen molar-refractivity contribution in [3.63, 3.8) is 0 Å². The van der Waals surface area contributed by atoms with Gasteiger partial charge < -0.3 is 15.0 Å². The number of pyridine rings is 1. The van der Waals surface area contributed by atoms with Gasteiger partial charge in [-0.15, -0.1) is 0 Å². The molecule has 1 aromatic heterocycles. The molecular formula is C18H21N3O2. The first-order valence-electron chi connectivity index (χ1n) is 7.72. The lowest BCUT2D eigenvalue weighted by molar-refractivity contribution is 0.206. The summed E-state index contributed by atoms with van der Waals surface area (Å²) in [5.41, 5.74) is 2.23. The average Bonchev–Trinajstić information content (AvgIpc) is 3.34. The normalized spacial score (nSPS) is 19.0. The molecule has 0 spiro atoms. The smallest absolute Gasteiger partial charge is 0.317 e. The van der Waals surface area contributed by atoms with Gasteiger partial charge in [-0.3, -0.25) is 4.98 Å². The number of rotatable bonds is 5. The zero-order valence-electron chi connectivity index (χ0n) is 13.4. The fourth-order valence-corrected chi connectivity index (χ4v) is 2.77. The number of para-hydroxylation sites is 1. The fraction of sp³-hybridized carbons (Fsp3) is 0.333. The number of urea groups is 1. The van der Waals surface area contributed by atoms with Crippen LogP contribution in [0.3, 0.4) is 0 Å². The third kappa shape index (κ3) is 3.62. The first-order chi connectivity index (χ1) is 11.2. The van der Waals surface area contributed by atoms with E-state index in [0.717, 1.165) is 23.3 Å². The number of carbonyl (C=O) groups is 1. The molecule has 5 heteroatoms. The maximum Gasteiger partial charge on any atom is 0.317 e. The molecule has 1 N–H and O–H groups in total. The van der Waals surface area contributed by atoms with Crippen LogP contribution in [-0.4, -0.2) is 36.1 Å². The highest BCUT2D eigenvalue weighted by atomic mass is 16.5. The van der Waals surface area contributed by atoms with E-state index in [2.05, 4.69) is 16.4 Å².